The lowest BCUT2D eigenvalue weighted by Crippen LogP contribution is -2.39. The van der Waals surface area contributed by atoms with Gasteiger partial charge in [-0.1, -0.05) is 17.4 Å². The zero-order valence-electron chi connectivity index (χ0n) is 18.1. The van der Waals surface area contributed by atoms with Crippen molar-refractivity contribution in [3.05, 3.63) is 53.8 Å². The number of aromatic nitrogens is 1. The van der Waals surface area contributed by atoms with Gasteiger partial charge in [-0.2, -0.15) is 0 Å². The van der Waals surface area contributed by atoms with Gasteiger partial charge in [0.2, 0.25) is 0 Å². The molecule has 2 heterocycles. The van der Waals surface area contributed by atoms with Crippen molar-refractivity contribution in [1.29, 1.82) is 0 Å². The number of thiazole rings is 1. The number of sulfone groups is 1. The van der Waals surface area contributed by atoms with E-state index in [0.29, 0.717) is 41.6 Å². The largest absolute Gasteiger partial charge is 0.379 e. The second-order valence-electron chi connectivity index (χ2n) is 7.64. The number of para-hydroxylation sites is 1. The molecule has 0 bridgehead atoms. The van der Waals surface area contributed by atoms with Crippen LogP contribution >= 0.6 is 23.7 Å². The van der Waals surface area contributed by atoms with E-state index in [-0.39, 0.29) is 28.7 Å². The Balaban J connectivity index is 0.00000306. The van der Waals surface area contributed by atoms with Crippen molar-refractivity contribution in [3.63, 3.8) is 0 Å². The molecule has 1 saturated heterocycles. The molecule has 1 fully saturated rings. The Bertz CT molecular complexity index is 1210. The van der Waals surface area contributed by atoms with Crippen molar-refractivity contribution in [1.82, 2.24) is 9.88 Å². The van der Waals surface area contributed by atoms with Gasteiger partial charge in [-0.25, -0.2) is 17.8 Å². The van der Waals surface area contributed by atoms with Gasteiger partial charge >= 0.3 is 0 Å². The smallest absolute Gasteiger partial charge is 0.260 e. The standard InChI is InChI=1S/C22H24FN3O4S2.ClH/c1-32(28,29)17-8-6-16(7-9-17)21(27)26(11-3-10-25-12-14-30-15-13-25)22-24-20-18(23)4-2-5-19(20)31-22;/h2,4-9H,3,10-15H2,1H3;1H. The normalized spacial score (nSPS) is 14.7. The molecule has 2 aromatic carbocycles. The zero-order chi connectivity index (χ0) is 22.7. The summed E-state index contributed by atoms with van der Waals surface area (Å²) >= 11 is 1.26. The molecule has 0 N–H and O–H groups in total. The summed E-state index contributed by atoms with van der Waals surface area (Å²) in [5.74, 6) is -0.727. The van der Waals surface area contributed by atoms with Gasteiger partial charge in [-0.15, -0.1) is 12.4 Å². The van der Waals surface area contributed by atoms with Gasteiger partial charge in [0.15, 0.2) is 15.0 Å². The van der Waals surface area contributed by atoms with E-state index >= 15 is 0 Å². The first-order valence-corrected chi connectivity index (χ1v) is 13.0. The molecule has 0 atom stereocenters. The molecule has 0 saturated carbocycles. The molecule has 178 valence electrons. The van der Waals surface area contributed by atoms with E-state index in [0.717, 1.165) is 25.9 Å². The highest BCUT2D eigenvalue weighted by Crippen LogP contribution is 2.31. The molecule has 1 amide bonds. The minimum Gasteiger partial charge on any atom is -0.379 e. The van der Waals surface area contributed by atoms with Crippen LogP contribution in [0.15, 0.2) is 47.4 Å². The van der Waals surface area contributed by atoms with E-state index in [1.54, 1.807) is 17.0 Å². The predicted molar refractivity (Wildman–Crippen MR) is 130 cm³/mol. The Morgan fingerprint density at radius 1 is 1.18 bits per heavy atom. The number of ether oxygens (including phenoxy) is 1. The molecule has 0 spiro atoms. The second kappa shape index (κ2) is 10.9. The highest BCUT2D eigenvalue weighted by molar-refractivity contribution is 7.90. The lowest BCUT2D eigenvalue weighted by atomic mass is 10.2. The van der Waals surface area contributed by atoms with E-state index in [9.17, 15) is 17.6 Å². The van der Waals surface area contributed by atoms with Gasteiger partial charge in [0, 0.05) is 38.0 Å². The molecule has 0 radical (unpaired) electrons. The lowest BCUT2D eigenvalue weighted by Gasteiger charge is -2.27. The number of fused-ring (bicyclic) bond motifs is 1. The summed E-state index contributed by atoms with van der Waals surface area (Å²) < 4.78 is 43.7. The molecular formula is C22H25ClFN3O4S2. The first-order valence-electron chi connectivity index (χ1n) is 10.3. The van der Waals surface area contributed by atoms with Crippen LogP contribution in [0.5, 0.6) is 0 Å². The number of anilines is 1. The monoisotopic (exact) mass is 513 g/mol. The number of rotatable bonds is 7. The van der Waals surface area contributed by atoms with Gasteiger partial charge in [-0.05, 0) is 42.8 Å². The molecule has 11 heteroatoms. The second-order valence-corrected chi connectivity index (χ2v) is 10.7. The quantitative estimate of drug-likeness (QED) is 0.480. The maximum atomic E-state index is 14.2. The molecule has 0 unspecified atom stereocenters. The van der Waals surface area contributed by atoms with Crippen molar-refractivity contribution < 1.29 is 22.3 Å². The Labute approximate surface area is 202 Å². The van der Waals surface area contributed by atoms with Gasteiger partial charge in [0.1, 0.15) is 11.3 Å². The Morgan fingerprint density at radius 3 is 2.52 bits per heavy atom. The lowest BCUT2D eigenvalue weighted by molar-refractivity contribution is 0.0376. The topological polar surface area (TPSA) is 79.8 Å². The van der Waals surface area contributed by atoms with Gasteiger partial charge < -0.3 is 4.74 Å². The maximum Gasteiger partial charge on any atom is 0.260 e. The number of halogens is 2. The summed E-state index contributed by atoms with van der Waals surface area (Å²) in [6.07, 6.45) is 1.84. The molecule has 0 aliphatic carbocycles. The van der Waals surface area contributed by atoms with Crippen molar-refractivity contribution in [2.75, 3.05) is 50.5 Å². The van der Waals surface area contributed by atoms with Crippen LogP contribution in [-0.2, 0) is 14.6 Å². The zero-order valence-corrected chi connectivity index (χ0v) is 20.5. The first-order chi connectivity index (χ1) is 15.3. The summed E-state index contributed by atoms with van der Waals surface area (Å²) in [7, 11) is -3.36. The number of nitrogens with zero attached hydrogens (tertiary/aromatic N) is 3. The summed E-state index contributed by atoms with van der Waals surface area (Å²) in [6, 6.07) is 10.6. The van der Waals surface area contributed by atoms with Gasteiger partial charge in [0.25, 0.3) is 5.91 Å². The van der Waals surface area contributed by atoms with E-state index in [2.05, 4.69) is 9.88 Å². The molecule has 7 nitrogen and oxygen atoms in total. The molecule has 1 aliphatic rings. The number of hydrogen-bond donors (Lipinski definition) is 0. The van der Waals surface area contributed by atoms with Crippen LogP contribution in [0.1, 0.15) is 16.8 Å². The predicted octanol–water partition coefficient (Wildman–Crippen LogP) is 3.63. The van der Waals surface area contributed by atoms with Gasteiger partial charge in [-0.3, -0.25) is 14.6 Å². The fraction of sp³-hybridized carbons (Fsp3) is 0.364. The minimum atomic E-state index is -3.36. The third kappa shape index (κ3) is 6.07. The average Bonchev–Trinajstić information content (AvgIpc) is 3.22. The fourth-order valence-corrected chi connectivity index (χ4v) is 5.22. The fourth-order valence-electron chi connectivity index (χ4n) is 3.58. The van der Waals surface area contributed by atoms with Crippen molar-refractivity contribution in [3.8, 4) is 0 Å². The summed E-state index contributed by atoms with van der Waals surface area (Å²) in [5.41, 5.74) is 0.592. The number of hydrogen-bond acceptors (Lipinski definition) is 7. The highest BCUT2D eigenvalue weighted by Gasteiger charge is 2.23. The number of morpholine rings is 1. The highest BCUT2D eigenvalue weighted by atomic mass is 35.5. The Morgan fingerprint density at radius 2 is 1.88 bits per heavy atom. The molecule has 3 aromatic rings. The third-order valence-electron chi connectivity index (χ3n) is 5.32. The van der Waals surface area contributed by atoms with E-state index in [1.807, 2.05) is 0 Å². The Kier molecular flexibility index (Phi) is 8.41. The Hall–Kier alpha value is -2.11. The number of carbonyl (C=O) groups excluding carboxylic acids is 1. The third-order valence-corrected chi connectivity index (χ3v) is 7.50. The van der Waals surface area contributed by atoms with Crippen LogP contribution in [0.2, 0.25) is 0 Å². The van der Waals surface area contributed by atoms with Crippen LogP contribution < -0.4 is 4.90 Å². The van der Waals surface area contributed by atoms with E-state index in [1.165, 1.54) is 41.7 Å². The van der Waals surface area contributed by atoms with Crippen LogP contribution in [-0.4, -0.2) is 69.9 Å². The molecule has 1 aliphatic heterocycles. The SMILES string of the molecule is CS(=O)(=O)c1ccc(C(=O)N(CCCN2CCOCC2)c2nc3c(F)cccc3s2)cc1.Cl. The van der Waals surface area contributed by atoms with Crippen LogP contribution in [0.25, 0.3) is 10.2 Å². The van der Waals surface area contributed by atoms with Crippen molar-refractivity contribution in [2.45, 2.75) is 11.3 Å². The van der Waals surface area contributed by atoms with Crippen molar-refractivity contribution >= 4 is 54.8 Å². The summed E-state index contributed by atoms with van der Waals surface area (Å²) in [4.78, 5) is 21.8. The van der Waals surface area contributed by atoms with Gasteiger partial charge in [0.05, 0.1) is 22.8 Å². The average molecular weight is 514 g/mol. The molecule has 4 rings (SSSR count). The molecule has 1 aromatic heterocycles. The summed E-state index contributed by atoms with van der Waals surface area (Å²) in [6.45, 7) is 4.32. The van der Waals surface area contributed by atoms with Crippen LogP contribution in [0.3, 0.4) is 0 Å². The number of amides is 1. The maximum absolute atomic E-state index is 14.2. The first kappa shape index (κ1) is 25.5. The summed E-state index contributed by atoms with van der Waals surface area (Å²) in [5, 5.41) is 0.421. The number of benzene rings is 2. The number of carbonyl (C=O) groups is 1. The van der Waals surface area contributed by atoms with Crippen LogP contribution in [0, 0.1) is 5.82 Å². The van der Waals surface area contributed by atoms with E-state index in [4.69, 9.17) is 4.74 Å². The minimum absolute atomic E-state index is 0. The van der Waals surface area contributed by atoms with Crippen molar-refractivity contribution in [2.24, 2.45) is 0 Å². The van der Waals surface area contributed by atoms with Crippen LogP contribution in [0.4, 0.5) is 9.52 Å². The van der Waals surface area contributed by atoms with E-state index < -0.39 is 15.7 Å². The molecule has 33 heavy (non-hydrogen) atoms. The molecular weight excluding hydrogens is 489 g/mol.